The highest BCUT2D eigenvalue weighted by Gasteiger charge is 2.33. The molecule has 0 spiro atoms. The number of hydrogen-bond acceptors (Lipinski definition) is 5. The molecule has 6 nitrogen and oxygen atoms in total. The predicted octanol–water partition coefficient (Wildman–Crippen LogP) is 2.95. The summed E-state index contributed by atoms with van der Waals surface area (Å²) in [6.45, 7) is 8.33. The van der Waals surface area contributed by atoms with E-state index in [1.165, 1.54) is 6.33 Å². The smallest absolute Gasteiger partial charge is 0.245 e. The minimum Gasteiger partial charge on any atom is -0.473 e. The van der Waals surface area contributed by atoms with E-state index >= 15 is 0 Å². The molecule has 0 bridgehead atoms. The van der Waals surface area contributed by atoms with Crippen LogP contribution < -0.4 is 4.74 Å². The van der Waals surface area contributed by atoms with E-state index in [9.17, 15) is 0 Å². The van der Waals surface area contributed by atoms with Gasteiger partial charge < -0.3 is 9.47 Å². The van der Waals surface area contributed by atoms with Crippen molar-refractivity contribution in [1.29, 1.82) is 0 Å². The topological polar surface area (TPSA) is 62.1 Å². The minimum absolute atomic E-state index is 0.00301. The highest BCUT2D eigenvalue weighted by molar-refractivity contribution is 5.76. The van der Waals surface area contributed by atoms with Gasteiger partial charge in [0.2, 0.25) is 5.88 Å². The number of nitrogens with zero attached hydrogens (tertiary/aromatic N) is 4. The molecule has 3 atom stereocenters. The third-order valence-electron chi connectivity index (χ3n) is 3.93. The number of hydrogen-bond donors (Lipinski definition) is 0. The van der Waals surface area contributed by atoms with Gasteiger partial charge in [0, 0.05) is 0 Å². The van der Waals surface area contributed by atoms with E-state index < -0.39 is 0 Å². The number of imidazole rings is 1. The molecular formula is C15H22N4O2. The summed E-state index contributed by atoms with van der Waals surface area (Å²) in [5.41, 5.74) is 1.47. The van der Waals surface area contributed by atoms with E-state index in [0.717, 1.165) is 18.5 Å². The van der Waals surface area contributed by atoms with Crippen molar-refractivity contribution in [2.45, 2.75) is 59.0 Å². The number of rotatable bonds is 4. The fourth-order valence-corrected chi connectivity index (χ4v) is 2.89. The maximum absolute atomic E-state index is 6.12. The Labute approximate surface area is 124 Å². The lowest BCUT2D eigenvalue weighted by atomic mass is 10.0. The molecule has 3 heterocycles. The summed E-state index contributed by atoms with van der Waals surface area (Å²) in [6, 6.07) is 0. The second-order valence-corrected chi connectivity index (χ2v) is 5.92. The van der Waals surface area contributed by atoms with Gasteiger partial charge in [0.15, 0.2) is 11.2 Å². The van der Waals surface area contributed by atoms with E-state index in [-0.39, 0.29) is 12.3 Å². The third kappa shape index (κ3) is 2.60. The first-order valence-electron chi connectivity index (χ1n) is 7.59. The molecule has 3 rings (SSSR count). The first kappa shape index (κ1) is 14.3. The van der Waals surface area contributed by atoms with Gasteiger partial charge in [-0.3, -0.25) is 4.57 Å². The highest BCUT2D eigenvalue weighted by Crippen LogP contribution is 2.36. The van der Waals surface area contributed by atoms with Gasteiger partial charge in [-0.05, 0) is 32.6 Å². The maximum Gasteiger partial charge on any atom is 0.245 e. The van der Waals surface area contributed by atoms with E-state index in [0.29, 0.717) is 23.4 Å². The van der Waals surface area contributed by atoms with Gasteiger partial charge in [0.1, 0.15) is 12.6 Å². The molecule has 1 aliphatic rings. The van der Waals surface area contributed by atoms with Crippen molar-refractivity contribution >= 4 is 11.2 Å². The van der Waals surface area contributed by atoms with Crippen molar-refractivity contribution < 1.29 is 9.47 Å². The molecule has 6 heteroatoms. The second kappa shape index (κ2) is 5.60. The summed E-state index contributed by atoms with van der Waals surface area (Å²) in [7, 11) is 0. The van der Waals surface area contributed by atoms with Gasteiger partial charge in [-0.1, -0.05) is 13.8 Å². The van der Waals surface area contributed by atoms with Crippen molar-refractivity contribution in [2.75, 3.05) is 0 Å². The quantitative estimate of drug-likeness (QED) is 0.866. The summed E-state index contributed by atoms with van der Waals surface area (Å²) in [6.07, 6.45) is 5.67. The molecule has 0 amide bonds. The lowest BCUT2D eigenvalue weighted by molar-refractivity contribution is -0.00304. The van der Waals surface area contributed by atoms with Crippen LogP contribution in [0.15, 0.2) is 12.7 Å². The lowest BCUT2D eigenvalue weighted by Crippen LogP contribution is -2.12. The summed E-state index contributed by atoms with van der Waals surface area (Å²) < 4.78 is 13.8. The standard InChI is InChI=1S/C15H22N4O2/c1-5-11-10(4)6-12(21-11)19-8-18-13-14(19)16-7-17-15(13)20-9(2)3/h7-12H,5-6H2,1-4H3/t10?,11-,12-/m1/s1. The van der Waals surface area contributed by atoms with E-state index in [1.807, 2.05) is 18.4 Å². The Morgan fingerprint density at radius 2 is 2.19 bits per heavy atom. The Balaban J connectivity index is 1.94. The molecule has 1 saturated heterocycles. The van der Waals surface area contributed by atoms with Crippen LogP contribution in [0, 0.1) is 5.92 Å². The van der Waals surface area contributed by atoms with E-state index in [4.69, 9.17) is 9.47 Å². The van der Waals surface area contributed by atoms with Crippen LogP contribution in [0.25, 0.3) is 11.2 Å². The van der Waals surface area contributed by atoms with Crippen LogP contribution >= 0.6 is 0 Å². The SMILES string of the molecule is CC[C@H]1O[C@@H](n2cnc3c(OC(C)C)ncnc32)CC1C. The van der Waals surface area contributed by atoms with Crippen molar-refractivity contribution in [3.8, 4) is 5.88 Å². The first-order chi connectivity index (χ1) is 10.1. The van der Waals surface area contributed by atoms with E-state index in [2.05, 4.69) is 28.8 Å². The van der Waals surface area contributed by atoms with Crippen LogP contribution in [0.3, 0.4) is 0 Å². The van der Waals surface area contributed by atoms with Gasteiger partial charge in [-0.15, -0.1) is 0 Å². The minimum atomic E-state index is -0.00301. The molecule has 21 heavy (non-hydrogen) atoms. The summed E-state index contributed by atoms with van der Waals surface area (Å²) in [5.74, 6) is 1.08. The van der Waals surface area contributed by atoms with Gasteiger partial charge >= 0.3 is 0 Å². The third-order valence-corrected chi connectivity index (χ3v) is 3.93. The Bertz CT molecular complexity index is 625. The molecule has 2 aromatic heterocycles. The zero-order chi connectivity index (χ0) is 15.0. The zero-order valence-corrected chi connectivity index (χ0v) is 13.0. The number of aromatic nitrogens is 4. The largest absolute Gasteiger partial charge is 0.473 e. The molecule has 0 aliphatic carbocycles. The van der Waals surface area contributed by atoms with Crippen LogP contribution in [0.2, 0.25) is 0 Å². The lowest BCUT2D eigenvalue weighted by Gasteiger charge is -2.14. The summed E-state index contributed by atoms with van der Waals surface area (Å²) in [4.78, 5) is 13.0. The molecular weight excluding hydrogens is 268 g/mol. The van der Waals surface area contributed by atoms with E-state index in [1.54, 1.807) is 6.33 Å². The fraction of sp³-hybridized carbons (Fsp3) is 0.667. The second-order valence-electron chi connectivity index (χ2n) is 5.92. The monoisotopic (exact) mass is 290 g/mol. The molecule has 0 N–H and O–H groups in total. The molecule has 0 aromatic carbocycles. The first-order valence-corrected chi connectivity index (χ1v) is 7.59. The molecule has 0 radical (unpaired) electrons. The fourth-order valence-electron chi connectivity index (χ4n) is 2.89. The van der Waals surface area contributed by atoms with Gasteiger partial charge in [0.25, 0.3) is 0 Å². The Kier molecular flexibility index (Phi) is 3.80. The average molecular weight is 290 g/mol. The Hall–Kier alpha value is -1.69. The molecule has 0 saturated carbocycles. The molecule has 2 aromatic rings. The van der Waals surface area contributed by atoms with Crippen molar-refractivity contribution in [3.05, 3.63) is 12.7 Å². The molecule has 114 valence electrons. The highest BCUT2D eigenvalue weighted by atomic mass is 16.5. The van der Waals surface area contributed by atoms with Crippen LogP contribution in [0.5, 0.6) is 5.88 Å². The van der Waals surface area contributed by atoms with Crippen molar-refractivity contribution in [3.63, 3.8) is 0 Å². The Morgan fingerprint density at radius 3 is 2.86 bits per heavy atom. The van der Waals surface area contributed by atoms with Crippen LogP contribution in [0.1, 0.15) is 46.8 Å². The van der Waals surface area contributed by atoms with Gasteiger partial charge in [-0.2, -0.15) is 4.98 Å². The summed E-state index contributed by atoms with van der Waals surface area (Å²) in [5, 5.41) is 0. The van der Waals surface area contributed by atoms with Crippen molar-refractivity contribution in [2.24, 2.45) is 5.92 Å². The molecule has 1 fully saturated rings. The molecule has 1 unspecified atom stereocenters. The zero-order valence-electron chi connectivity index (χ0n) is 13.0. The number of fused-ring (bicyclic) bond motifs is 1. The van der Waals surface area contributed by atoms with Gasteiger partial charge in [-0.25, -0.2) is 9.97 Å². The van der Waals surface area contributed by atoms with Gasteiger partial charge in [0.05, 0.1) is 18.5 Å². The van der Waals surface area contributed by atoms with Crippen molar-refractivity contribution in [1.82, 2.24) is 19.5 Å². The number of ether oxygens (including phenoxy) is 2. The van der Waals surface area contributed by atoms with Crippen LogP contribution in [0.4, 0.5) is 0 Å². The normalized spacial score (nSPS) is 25.9. The average Bonchev–Trinajstić information content (AvgIpc) is 3.02. The van der Waals surface area contributed by atoms with Crippen LogP contribution in [-0.4, -0.2) is 31.7 Å². The predicted molar refractivity (Wildman–Crippen MR) is 79.1 cm³/mol. The van der Waals surface area contributed by atoms with Crippen LogP contribution in [-0.2, 0) is 4.74 Å². The maximum atomic E-state index is 6.12. The summed E-state index contributed by atoms with van der Waals surface area (Å²) >= 11 is 0. The Morgan fingerprint density at radius 1 is 1.38 bits per heavy atom. The molecule has 1 aliphatic heterocycles.